The highest BCUT2D eigenvalue weighted by molar-refractivity contribution is 6.10. The van der Waals surface area contributed by atoms with Gasteiger partial charge in [-0.2, -0.15) is 13.2 Å². The number of hydrogen-bond acceptors (Lipinski definition) is 6. The molecule has 1 aromatic rings. The van der Waals surface area contributed by atoms with Crippen molar-refractivity contribution >= 4 is 23.3 Å². The van der Waals surface area contributed by atoms with Gasteiger partial charge in [-0.15, -0.1) is 0 Å². The Labute approximate surface area is 178 Å². The average Bonchev–Trinajstić information content (AvgIpc) is 3.06. The molecular weight excluding hydrogens is 419 g/mol. The number of nitrogens with one attached hydrogen (secondary N) is 1. The minimum atomic E-state index is -5.17. The van der Waals surface area contributed by atoms with Crippen molar-refractivity contribution in [3.05, 3.63) is 29.3 Å². The van der Waals surface area contributed by atoms with Crippen LogP contribution in [0.5, 0.6) is 0 Å². The second kappa shape index (κ2) is 8.23. The topological polar surface area (TPSA) is 90.9 Å². The van der Waals surface area contributed by atoms with Gasteiger partial charge < -0.3 is 19.5 Å². The number of esters is 1. The summed E-state index contributed by atoms with van der Waals surface area (Å²) in [5.74, 6) is -5.12. The second-order valence-electron chi connectivity index (χ2n) is 8.54. The fraction of sp³-hybridized carbons (Fsp3) is 0.571. The number of rotatable bonds is 5. The number of amides is 1. The number of Topliss-reactive ketones (excluding diaryl/α,β-unsaturated/α-hetero) is 1. The molecule has 1 aliphatic rings. The lowest BCUT2D eigenvalue weighted by Gasteiger charge is -2.33. The third-order valence-electron chi connectivity index (χ3n) is 4.94. The van der Waals surface area contributed by atoms with E-state index in [1.54, 1.807) is 33.0 Å². The summed E-state index contributed by atoms with van der Waals surface area (Å²) in [5.41, 5.74) is -3.13. The van der Waals surface area contributed by atoms with Crippen LogP contribution in [0.3, 0.4) is 0 Å². The van der Waals surface area contributed by atoms with E-state index in [2.05, 4.69) is 0 Å². The van der Waals surface area contributed by atoms with E-state index in [4.69, 9.17) is 14.2 Å². The van der Waals surface area contributed by atoms with Crippen molar-refractivity contribution in [1.29, 1.82) is 0 Å². The summed E-state index contributed by atoms with van der Waals surface area (Å²) in [6.45, 7) is 9.32. The predicted octanol–water partition coefficient (Wildman–Crippen LogP) is 3.60. The first-order valence-corrected chi connectivity index (χ1v) is 9.56. The molecule has 1 amide bonds. The van der Waals surface area contributed by atoms with Gasteiger partial charge in [0.15, 0.2) is 11.6 Å². The van der Waals surface area contributed by atoms with Gasteiger partial charge in [-0.25, -0.2) is 0 Å². The van der Waals surface area contributed by atoms with Gasteiger partial charge in [0.25, 0.3) is 0 Å². The molecule has 1 saturated heterocycles. The number of alkyl halides is 3. The van der Waals surface area contributed by atoms with E-state index in [-0.39, 0.29) is 24.5 Å². The Bertz CT molecular complexity index is 884. The van der Waals surface area contributed by atoms with E-state index in [0.29, 0.717) is 5.56 Å². The number of ether oxygens (including phenoxy) is 3. The van der Waals surface area contributed by atoms with E-state index < -0.39 is 40.6 Å². The van der Waals surface area contributed by atoms with Crippen molar-refractivity contribution in [3.63, 3.8) is 0 Å². The molecule has 0 spiro atoms. The first-order valence-electron chi connectivity index (χ1n) is 9.56. The van der Waals surface area contributed by atoms with Gasteiger partial charge in [-0.3, -0.25) is 14.4 Å². The third kappa shape index (κ3) is 5.24. The lowest BCUT2D eigenvalue weighted by atomic mass is 9.77. The molecule has 0 saturated carbocycles. The molecular formula is C21H26F3NO6. The molecule has 1 heterocycles. The second-order valence-corrected chi connectivity index (χ2v) is 8.54. The number of benzene rings is 1. The van der Waals surface area contributed by atoms with E-state index in [1.807, 2.05) is 0 Å². The molecule has 1 fully saturated rings. The van der Waals surface area contributed by atoms with E-state index in [1.165, 1.54) is 25.1 Å². The Morgan fingerprint density at radius 3 is 2.06 bits per heavy atom. The number of carbonyl (C=O) groups excluding carboxylic acids is 3. The summed E-state index contributed by atoms with van der Waals surface area (Å²) < 4.78 is 55.2. The van der Waals surface area contributed by atoms with Gasteiger partial charge in [0, 0.05) is 16.8 Å². The van der Waals surface area contributed by atoms with Crippen LogP contribution in [0.15, 0.2) is 18.2 Å². The third-order valence-corrected chi connectivity index (χ3v) is 4.94. The molecule has 1 N–H and O–H groups in total. The summed E-state index contributed by atoms with van der Waals surface area (Å²) >= 11 is 0. The minimum absolute atomic E-state index is 0.162. The SMILES string of the molecule is CC(=O)[C@@](C)(C(=O)OC(C)(C)C)c1cc(C2(C)OCCO2)ccc1NC(=O)C(F)(F)F. The van der Waals surface area contributed by atoms with Crippen molar-refractivity contribution in [1.82, 2.24) is 0 Å². The normalized spacial score (nSPS) is 18.2. The van der Waals surface area contributed by atoms with Crippen molar-refractivity contribution in [2.75, 3.05) is 18.5 Å². The highest BCUT2D eigenvalue weighted by Gasteiger charge is 2.47. The monoisotopic (exact) mass is 445 g/mol. The van der Waals surface area contributed by atoms with Crippen LogP contribution >= 0.6 is 0 Å². The molecule has 0 unspecified atom stereocenters. The number of hydrogen-bond donors (Lipinski definition) is 1. The van der Waals surface area contributed by atoms with Crippen molar-refractivity contribution in [2.24, 2.45) is 0 Å². The summed E-state index contributed by atoms with van der Waals surface area (Å²) in [7, 11) is 0. The zero-order valence-corrected chi connectivity index (χ0v) is 18.2. The molecule has 1 atom stereocenters. The molecule has 1 aliphatic heterocycles. The molecule has 0 aromatic heterocycles. The summed E-state index contributed by atoms with van der Waals surface area (Å²) in [4.78, 5) is 37.3. The molecule has 7 nitrogen and oxygen atoms in total. The smallest absolute Gasteiger partial charge is 0.459 e. The van der Waals surface area contributed by atoms with Crippen LogP contribution in [-0.2, 0) is 39.8 Å². The van der Waals surface area contributed by atoms with Crippen LogP contribution in [0.25, 0.3) is 0 Å². The minimum Gasteiger partial charge on any atom is -0.459 e. The van der Waals surface area contributed by atoms with Crippen LogP contribution in [0.4, 0.5) is 18.9 Å². The summed E-state index contributed by atoms with van der Waals surface area (Å²) in [6.07, 6.45) is -5.17. The van der Waals surface area contributed by atoms with Gasteiger partial charge in [0.2, 0.25) is 0 Å². The van der Waals surface area contributed by atoms with Crippen LogP contribution in [0, 0.1) is 0 Å². The zero-order valence-electron chi connectivity index (χ0n) is 18.2. The molecule has 0 radical (unpaired) electrons. The molecule has 0 aliphatic carbocycles. The molecule has 10 heteroatoms. The fourth-order valence-corrected chi connectivity index (χ4v) is 3.05. The van der Waals surface area contributed by atoms with Crippen molar-refractivity contribution in [3.8, 4) is 0 Å². The average molecular weight is 445 g/mol. The molecule has 172 valence electrons. The highest BCUT2D eigenvalue weighted by atomic mass is 19.4. The van der Waals surface area contributed by atoms with Gasteiger partial charge in [-0.1, -0.05) is 6.07 Å². The maximum absolute atomic E-state index is 13.0. The Morgan fingerprint density at radius 2 is 1.61 bits per heavy atom. The van der Waals surface area contributed by atoms with Crippen LogP contribution in [0.1, 0.15) is 52.7 Å². The molecule has 31 heavy (non-hydrogen) atoms. The molecule has 1 aromatic carbocycles. The maximum Gasteiger partial charge on any atom is 0.471 e. The van der Waals surface area contributed by atoms with E-state index in [9.17, 15) is 27.6 Å². The first-order chi connectivity index (χ1) is 14.0. The summed E-state index contributed by atoms with van der Waals surface area (Å²) in [5, 5.41) is 1.75. The van der Waals surface area contributed by atoms with Gasteiger partial charge in [-0.05, 0) is 53.7 Å². The lowest BCUT2D eigenvalue weighted by molar-refractivity contribution is -0.167. The quantitative estimate of drug-likeness (QED) is 0.550. The highest BCUT2D eigenvalue weighted by Crippen LogP contribution is 2.39. The molecule has 2 rings (SSSR count). The number of ketones is 1. The number of halogens is 3. The van der Waals surface area contributed by atoms with Crippen LogP contribution in [-0.4, -0.2) is 42.7 Å². The van der Waals surface area contributed by atoms with Crippen molar-refractivity contribution < 1.29 is 41.8 Å². The van der Waals surface area contributed by atoms with Crippen molar-refractivity contribution in [2.45, 2.75) is 64.5 Å². The zero-order chi connectivity index (χ0) is 23.8. The Kier molecular flexibility index (Phi) is 6.59. The largest absolute Gasteiger partial charge is 0.471 e. The Balaban J connectivity index is 2.69. The van der Waals surface area contributed by atoms with Crippen LogP contribution in [0.2, 0.25) is 0 Å². The molecule has 0 bridgehead atoms. The van der Waals surface area contributed by atoms with Crippen LogP contribution < -0.4 is 5.32 Å². The first kappa shape index (κ1) is 24.8. The van der Waals surface area contributed by atoms with E-state index >= 15 is 0 Å². The Morgan fingerprint density at radius 1 is 1.06 bits per heavy atom. The predicted molar refractivity (Wildman–Crippen MR) is 104 cm³/mol. The Hall–Kier alpha value is -2.46. The van der Waals surface area contributed by atoms with Gasteiger partial charge in [0.05, 0.1) is 13.2 Å². The summed E-state index contributed by atoms with van der Waals surface area (Å²) in [6, 6.07) is 3.90. The number of anilines is 1. The standard InChI is InChI=1S/C21H26F3NO6/c1-12(26)19(5,17(28)31-18(2,3)4)14-11-13(20(6)29-9-10-30-20)7-8-15(14)25-16(27)21(22,23)24/h7-8,11H,9-10H2,1-6H3,(H,25,27)/t19-/m1/s1. The van der Waals surface area contributed by atoms with Gasteiger partial charge >= 0.3 is 18.1 Å². The fourth-order valence-electron chi connectivity index (χ4n) is 3.05. The number of carbonyl (C=O) groups is 3. The van der Waals surface area contributed by atoms with Gasteiger partial charge in [0.1, 0.15) is 11.0 Å². The van der Waals surface area contributed by atoms with E-state index in [0.717, 1.165) is 6.92 Å². The lowest BCUT2D eigenvalue weighted by Crippen LogP contribution is -2.45. The maximum atomic E-state index is 13.0.